The largest absolute Gasteiger partial charge is 0.479 e. The van der Waals surface area contributed by atoms with Crippen LogP contribution in [0.15, 0.2) is 18.2 Å². The summed E-state index contributed by atoms with van der Waals surface area (Å²) in [4.78, 5) is 25.0. The lowest BCUT2D eigenvalue weighted by Crippen LogP contribution is -2.44. The van der Waals surface area contributed by atoms with Crippen molar-refractivity contribution in [2.45, 2.75) is 20.0 Å². The number of fused-ring (bicyclic) bond motifs is 1. The molecule has 18 heavy (non-hydrogen) atoms. The van der Waals surface area contributed by atoms with Crippen molar-refractivity contribution in [3.63, 3.8) is 0 Å². The fourth-order valence-corrected chi connectivity index (χ4v) is 1.98. The van der Waals surface area contributed by atoms with E-state index in [1.165, 1.54) is 7.11 Å². The summed E-state index contributed by atoms with van der Waals surface area (Å²) in [6.07, 6.45) is -0.537. The van der Waals surface area contributed by atoms with Crippen molar-refractivity contribution in [3.05, 3.63) is 23.8 Å². The van der Waals surface area contributed by atoms with Crippen LogP contribution in [0.3, 0.4) is 0 Å². The average Bonchev–Trinajstić information content (AvgIpc) is 2.39. The number of likely N-dealkylation sites (N-methyl/N-ethyl adjacent to an activating group) is 1. The Morgan fingerprint density at radius 2 is 2.22 bits per heavy atom. The molecule has 0 saturated carbocycles. The zero-order valence-corrected chi connectivity index (χ0v) is 10.6. The number of carbonyl (C=O) groups excluding carboxylic acids is 2. The molecule has 5 heteroatoms. The van der Waals surface area contributed by atoms with E-state index in [9.17, 15) is 9.59 Å². The predicted octanol–water partition coefficient (Wildman–Crippen LogP) is 1.61. The molecule has 0 aromatic heterocycles. The van der Waals surface area contributed by atoms with Gasteiger partial charge in [-0.1, -0.05) is 0 Å². The molecule has 1 aromatic rings. The van der Waals surface area contributed by atoms with Crippen molar-refractivity contribution in [3.8, 4) is 5.75 Å². The Morgan fingerprint density at radius 3 is 2.83 bits per heavy atom. The highest BCUT2D eigenvalue weighted by molar-refractivity contribution is 6.01. The van der Waals surface area contributed by atoms with E-state index >= 15 is 0 Å². The Hall–Kier alpha value is -2.04. The van der Waals surface area contributed by atoms with Crippen molar-refractivity contribution >= 4 is 17.6 Å². The van der Waals surface area contributed by atoms with Gasteiger partial charge in [0, 0.05) is 6.54 Å². The zero-order chi connectivity index (χ0) is 13.3. The van der Waals surface area contributed by atoms with Crippen LogP contribution in [0.25, 0.3) is 0 Å². The summed E-state index contributed by atoms with van der Waals surface area (Å²) in [6.45, 7) is 4.16. The molecule has 1 aromatic carbocycles. The Morgan fingerprint density at radius 1 is 1.50 bits per heavy atom. The number of hydrogen-bond acceptors (Lipinski definition) is 4. The summed E-state index contributed by atoms with van der Waals surface area (Å²) in [7, 11) is 1.33. The molecule has 1 heterocycles. The number of anilines is 1. The summed E-state index contributed by atoms with van der Waals surface area (Å²) in [6, 6.07) is 4.93. The second-order valence-corrected chi connectivity index (χ2v) is 4.02. The molecular formula is C13H15NO4. The minimum absolute atomic E-state index is 0.0733. The van der Waals surface area contributed by atoms with Crippen LogP contribution in [0, 0.1) is 0 Å². The van der Waals surface area contributed by atoms with E-state index in [1.807, 2.05) is 6.92 Å². The molecular weight excluding hydrogens is 234 g/mol. The van der Waals surface area contributed by atoms with Crippen LogP contribution in [0.1, 0.15) is 24.2 Å². The van der Waals surface area contributed by atoms with Gasteiger partial charge in [0.2, 0.25) is 0 Å². The number of benzene rings is 1. The second kappa shape index (κ2) is 4.68. The van der Waals surface area contributed by atoms with Crippen LogP contribution in [-0.4, -0.2) is 31.6 Å². The van der Waals surface area contributed by atoms with E-state index in [-0.39, 0.29) is 5.91 Å². The second-order valence-electron chi connectivity index (χ2n) is 4.02. The van der Waals surface area contributed by atoms with E-state index in [0.717, 1.165) is 0 Å². The summed E-state index contributed by atoms with van der Waals surface area (Å²) in [5.41, 5.74) is 1.10. The highest BCUT2D eigenvalue weighted by Crippen LogP contribution is 2.34. The third-order valence-electron chi connectivity index (χ3n) is 2.91. The van der Waals surface area contributed by atoms with E-state index < -0.39 is 12.1 Å². The lowest BCUT2D eigenvalue weighted by Gasteiger charge is -2.32. The molecule has 1 aliphatic heterocycles. The van der Waals surface area contributed by atoms with Gasteiger partial charge in [0.25, 0.3) is 5.91 Å². The quantitative estimate of drug-likeness (QED) is 0.747. The normalized spacial score (nSPS) is 18.1. The number of methoxy groups -OCH3 is 1. The Bertz CT molecular complexity index is 498. The van der Waals surface area contributed by atoms with Gasteiger partial charge < -0.3 is 14.4 Å². The van der Waals surface area contributed by atoms with Crippen molar-refractivity contribution in [1.29, 1.82) is 0 Å². The number of esters is 1. The zero-order valence-electron chi connectivity index (χ0n) is 10.6. The van der Waals surface area contributed by atoms with Crippen molar-refractivity contribution in [2.24, 2.45) is 0 Å². The topological polar surface area (TPSA) is 55.8 Å². The van der Waals surface area contributed by atoms with Gasteiger partial charge in [0.1, 0.15) is 5.75 Å². The SMILES string of the molecule is CCN1C(=O)C(C)Oc2cc(C(=O)OC)ccc21. The van der Waals surface area contributed by atoms with E-state index in [4.69, 9.17) is 4.74 Å². The molecule has 0 N–H and O–H groups in total. The first-order chi connectivity index (χ1) is 8.58. The minimum Gasteiger partial charge on any atom is -0.479 e. The van der Waals surface area contributed by atoms with Gasteiger partial charge in [-0.15, -0.1) is 0 Å². The monoisotopic (exact) mass is 249 g/mol. The molecule has 5 nitrogen and oxygen atoms in total. The number of rotatable bonds is 2. The van der Waals surface area contributed by atoms with Crippen molar-refractivity contribution in [1.82, 2.24) is 0 Å². The Labute approximate surface area is 105 Å². The van der Waals surface area contributed by atoms with Crippen LogP contribution < -0.4 is 9.64 Å². The molecule has 0 bridgehead atoms. The van der Waals surface area contributed by atoms with Crippen LogP contribution >= 0.6 is 0 Å². The van der Waals surface area contributed by atoms with Gasteiger partial charge >= 0.3 is 5.97 Å². The Kier molecular flexibility index (Phi) is 3.23. The molecule has 0 spiro atoms. The molecule has 0 fully saturated rings. The molecule has 1 atom stereocenters. The maximum atomic E-state index is 11.9. The molecule has 0 saturated heterocycles. The first-order valence-electron chi connectivity index (χ1n) is 5.79. The van der Waals surface area contributed by atoms with E-state index in [2.05, 4.69) is 4.74 Å². The average molecular weight is 249 g/mol. The molecule has 1 unspecified atom stereocenters. The van der Waals surface area contributed by atoms with Crippen LogP contribution in [0.5, 0.6) is 5.75 Å². The lowest BCUT2D eigenvalue weighted by molar-refractivity contribution is -0.125. The van der Waals surface area contributed by atoms with Gasteiger partial charge in [-0.2, -0.15) is 0 Å². The van der Waals surface area contributed by atoms with E-state index in [1.54, 1.807) is 30.0 Å². The number of nitrogens with zero attached hydrogens (tertiary/aromatic N) is 1. The van der Waals surface area contributed by atoms with Crippen LogP contribution in [0.4, 0.5) is 5.69 Å². The highest BCUT2D eigenvalue weighted by Gasteiger charge is 2.30. The first kappa shape index (κ1) is 12.4. The third-order valence-corrected chi connectivity index (χ3v) is 2.91. The number of amides is 1. The lowest BCUT2D eigenvalue weighted by atomic mass is 10.1. The maximum absolute atomic E-state index is 11.9. The molecule has 0 aliphatic carbocycles. The number of hydrogen-bond donors (Lipinski definition) is 0. The molecule has 2 rings (SSSR count). The molecule has 96 valence electrons. The summed E-state index contributed by atoms with van der Waals surface area (Å²) < 4.78 is 10.2. The van der Waals surface area contributed by atoms with Gasteiger partial charge in [-0.05, 0) is 32.0 Å². The minimum atomic E-state index is -0.537. The molecule has 1 amide bonds. The number of carbonyl (C=O) groups is 2. The number of ether oxygens (including phenoxy) is 2. The summed E-state index contributed by atoms with van der Waals surface area (Å²) >= 11 is 0. The highest BCUT2D eigenvalue weighted by atomic mass is 16.5. The van der Waals surface area contributed by atoms with Gasteiger partial charge in [-0.3, -0.25) is 4.79 Å². The summed E-state index contributed by atoms with van der Waals surface area (Å²) in [5, 5.41) is 0. The Balaban J connectivity index is 2.45. The first-order valence-corrected chi connectivity index (χ1v) is 5.79. The van der Waals surface area contributed by atoms with Gasteiger partial charge in [0.05, 0.1) is 18.4 Å². The standard InChI is InChI=1S/C13H15NO4/c1-4-14-10-6-5-9(13(16)17-3)7-11(10)18-8(2)12(14)15/h5-8H,4H2,1-3H3. The fourth-order valence-electron chi connectivity index (χ4n) is 1.98. The summed E-state index contributed by atoms with van der Waals surface area (Å²) in [5.74, 6) is 0.0386. The molecule has 0 radical (unpaired) electrons. The predicted molar refractivity (Wildman–Crippen MR) is 65.9 cm³/mol. The van der Waals surface area contributed by atoms with Crippen molar-refractivity contribution in [2.75, 3.05) is 18.6 Å². The van der Waals surface area contributed by atoms with Gasteiger partial charge in [0.15, 0.2) is 6.10 Å². The maximum Gasteiger partial charge on any atom is 0.337 e. The molecule has 1 aliphatic rings. The van der Waals surface area contributed by atoms with Crippen LogP contribution in [-0.2, 0) is 9.53 Å². The van der Waals surface area contributed by atoms with Crippen molar-refractivity contribution < 1.29 is 19.1 Å². The fraction of sp³-hybridized carbons (Fsp3) is 0.385. The smallest absolute Gasteiger partial charge is 0.337 e. The van der Waals surface area contributed by atoms with E-state index in [0.29, 0.717) is 23.5 Å². The third kappa shape index (κ3) is 1.92. The van der Waals surface area contributed by atoms with Gasteiger partial charge in [-0.25, -0.2) is 4.79 Å². The van der Waals surface area contributed by atoms with Crippen LogP contribution in [0.2, 0.25) is 0 Å².